The van der Waals surface area contributed by atoms with E-state index >= 15 is 0 Å². The molecule has 0 saturated heterocycles. The van der Waals surface area contributed by atoms with Gasteiger partial charge in [-0.3, -0.25) is 4.55 Å². The van der Waals surface area contributed by atoms with E-state index in [0.29, 0.717) is 39.1 Å². The molecule has 3 rings (SSSR count). The molecule has 11 nitrogen and oxygen atoms in total. The summed E-state index contributed by atoms with van der Waals surface area (Å²) in [6, 6.07) is 12.5. The average molecular weight is 467 g/mol. The maximum absolute atomic E-state index is 11.6. The van der Waals surface area contributed by atoms with E-state index < -0.39 is 20.7 Å². The monoisotopic (exact) mass is 467 g/mol. The van der Waals surface area contributed by atoms with Crippen molar-refractivity contribution >= 4 is 48.6 Å². The van der Waals surface area contributed by atoms with E-state index in [-0.39, 0.29) is 11.5 Å². The molecule has 13 heteroatoms. The summed E-state index contributed by atoms with van der Waals surface area (Å²) in [7, 11) is -6.02. The van der Waals surface area contributed by atoms with Gasteiger partial charge >= 0.3 is 10.6 Å². The zero-order valence-corrected chi connectivity index (χ0v) is 17.6. The number of nitrogen functional groups attached to an aromatic ring is 1. The Morgan fingerprint density at radius 1 is 1.06 bits per heavy atom. The number of aliphatic hydroxyl groups excluding tert-OH is 1. The van der Waals surface area contributed by atoms with Crippen molar-refractivity contribution in [2.75, 3.05) is 12.8 Å². The van der Waals surface area contributed by atoms with Crippen LogP contribution in [-0.4, -0.2) is 37.8 Å². The number of methoxy groups -OCH3 is 1. The third-order valence-electron chi connectivity index (χ3n) is 3.98. The maximum atomic E-state index is 11.6. The van der Waals surface area contributed by atoms with Crippen molar-refractivity contribution in [3.63, 3.8) is 0 Å². The normalized spacial score (nSPS) is 11.2. The molecule has 0 saturated carbocycles. The number of nitrogens with zero attached hydrogens (tertiary/aromatic N) is 2. The number of ether oxygens (including phenoxy) is 1. The molecule has 0 radical (unpaired) electrons. The lowest BCUT2D eigenvalue weighted by molar-refractivity contribution is 0.282. The minimum atomic E-state index is -4.37. The molecule has 164 valence electrons. The summed E-state index contributed by atoms with van der Waals surface area (Å²) < 4.78 is 63.0. The van der Waals surface area contributed by atoms with E-state index in [4.69, 9.17) is 23.1 Å². The van der Waals surface area contributed by atoms with Crippen LogP contribution in [0.2, 0.25) is 0 Å². The van der Waals surface area contributed by atoms with E-state index in [1.54, 1.807) is 36.4 Å². The summed E-state index contributed by atoms with van der Waals surface area (Å²) in [6.07, 6.45) is 0. The van der Waals surface area contributed by atoms with Gasteiger partial charge < -0.3 is 15.6 Å². The molecule has 4 N–H and O–H groups in total. The second-order valence-electron chi connectivity index (χ2n) is 5.92. The van der Waals surface area contributed by atoms with E-state index in [9.17, 15) is 18.1 Å². The summed E-state index contributed by atoms with van der Waals surface area (Å²) in [6.45, 7) is -0.285. The Morgan fingerprint density at radius 3 is 2.32 bits per heavy atom. The highest BCUT2D eigenvalue weighted by atomic mass is 32.2. The molecule has 0 aliphatic heterocycles. The van der Waals surface area contributed by atoms with Crippen molar-refractivity contribution in [3.8, 4) is 5.75 Å². The van der Waals surface area contributed by atoms with E-state index in [1.165, 1.54) is 19.2 Å². The van der Waals surface area contributed by atoms with Crippen molar-refractivity contribution in [3.05, 3.63) is 54.1 Å². The Hall–Kier alpha value is -3.39. The predicted molar refractivity (Wildman–Crippen MR) is 111 cm³/mol. The van der Waals surface area contributed by atoms with Gasteiger partial charge in [0.15, 0.2) is 0 Å². The number of azo groups is 1. The van der Waals surface area contributed by atoms with Crippen molar-refractivity contribution < 1.29 is 35.4 Å². The van der Waals surface area contributed by atoms with Crippen LogP contribution in [0, 0.1) is 0 Å². The van der Waals surface area contributed by atoms with Gasteiger partial charge in [0.2, 0.25) is 0 Å². The molecular formula is C18H17N3O8S2. The Labute approximate surface area is 178 Å². The topological polar surface area (TPSA) is 186 Å². The smallest absolute Gasteiger partial charge is 0.425 e. The lowest BCUT2D eigenvalue weighted by Gasteiger charge is -2.08. The SMILES string of the molecule is COc1cc(N=Nc2ccc3cccc(S(=O)(=O)O)c3c2)c(CO)cc1N.O=S(=O)=O. The molecule has 0 atom stereocenters. The van der Waals surface area contributed by atoms with Crippen LogP contribution < -0.4 is 10.5 Å². The fourth-order valence-electron chi connectivity index (χ4n) is 2.66. The first kappa shape index (κ1) is 23.9. The van der Waals surface area contributed by atoms with Crippen LogP contribution in [0.3, 0.4) is 0 Å². The van der Waals surface area contributed by atoms with Crippen LogP contribution in [-0.2, 0) is 27.3 Å². The zero-order chi connectivity index (χ0) is 23.2. The molecule has 0 aliphatic rings. The number of hydrogen-bond donors (Lipinski definition) is 3. The number of anilines is 1. The van der Waals surface area contributed by atoms with E-state index in [0.717, 1.165) is 0 Å². The first-order chi connectivity index (χ1) is 14.6. The third kappa shape index (κ3) is 6.29. The molecule has 0 unspecified atom stereocenters. The van der Waals surface area contributed by atoms with Crippen LogP contribution in [0.15, 0.2) is 63.7 Å². The molecule has 0 heterocycles. The summed E-state index contributed by atoms with van der Waals surface area (Å²) in [5, 5.41) is 18.7. The summed E-state index contributed by atoms with van der Waals surface area (Å²) in [4.78, 5) is -0.206. The highest BCUT2D eigenvalue weighted by molar-refractivity contribution is 7.86. The van der Waals surface area contributed by atoms with Gasteiger partial charge in [0.25, 0.3) is 10.1 Å². The van der Waals surface area contributed by atoms with E-state index in [1.807, 2.05) is 0 Å². The quantitative estimate of drug-likeness (QED) is 0.288. The lowest BCUT2D eigenvalue weighted by Crippen LogP contribution is -1.98. The third-order valence-corrected chi connectivity index (χ3v) is 4.89. The van der Waals surface area contributed by atoms with E-state index in [2.05, 4.69) is 10.2 Å². The van der Waals surface area contributed by atoms with Crippen molar-refractivity contribution in [1.29, 1.82) is 0 Å². The van der Waals surface area contributed by atoms with Crippen molar-refractivity contribution in [2.24, 2.45) is 10.2 Å². The highest BCUT2D eigenvalue weighted by Crippen LogP contribution is 2.33. The lowest BCUT2D eigenvalue weighted by atomic mass is 10.1. The Kier molecular flexibility index (Phi) is 7.77. The fourth-order valence-corrected chi connectivity index (χ4v) is 3.37. The molecule has 0 bridgehead atoms. The minimum absolute atomic E-state index is 0.206. The van der Waals surface area contributed by atoms with Crippen molar-refractivity contribution in [2.45, 2.75) is 11.5 Å². The predicted octanol–water partition coefficient (Wildman–Crippen LogP) is 2.58. The second-order valence-corrected chi connectivity index (χ2v) is 7.72. The molecule has 0 aromatic heterocycles. The highest BCUT2D eigenvalue weighted by Gasteiger charge is 2.14. The fraction of sp³-hybridized carbons (Fsp3) is 0.111. The van der Waals surface area contributed by atoms with Gasteiger partial charge in [-0.2, -0.15) is 18.6 Å². The van der Waals surface area contributed by atoms with Gasteiger partial charge in [0.05, 0.1) is 30.8 Å². The number of rotatable bonds is 5. The van der Waals surface area contributed by atoms with Crippen LogP contribution in [0.1, 0.15) is 5.56 Å². The van der Waals surface area contributed by atoms with Gasteiger partial charge in [0, 0.05) is 17.0 Å². The maximum Gasteiger partial charge on any atom is 0.425 e. The molecule has 31 heavy (non-hydrogen) atoms. The summed E-state index contributed by atoms with van der Waals surface area (Å²) in [5.41, 5.74) is 7.39. The summed E-state index contributed by atoms with van der Waals surface area (Å²) >= 11 is 0. The van der Waals surface area contributed by atoms with Gasteiger partial charge in [0.1, 0.15) is 10.6 Å². The Morgan fingerprint density at radius 2 is 1.74 bits per heavy atom. The molecule has 0 aliphatic carbocycles. The van der Waals surface area contributed by atoms with Gasteiger partial charge in [-0.25, -0.2) is 0 Å². The molecule has 3 aromatic carbocycles. The standard InChI is InChI=1S/C18H17N3O5S.O3S/c1-26-17-9-16(12(10-22)7-15(17)19)21-20-13-6-5-11-3-2-4-18(14(11)8-13)27(23,24)25;1-4(2)3/h2-9,22H,10,19H2,1H3,(H,23,24,25);. The number of aliphatic hydroxyl groups is 1. The van der Waals surface area contributed by atoms with Crippen molar-refractivity contribution in [1.82, 2.24) is 0 Å². The van der Waals surface area contributed by atoms with Crippen LogP contribution in [0.5, 0.6) is 5.75 Å². The molecular weight excluding hydrogens is 450 g/mol. The van der Waals surface area contributed by atoms with Crippen LogP contribution in [0.4, 0.5) is 17.1 Å². The number of hydrogen-bond acceptors (Lipinski definition) is 10. The Bertz CT molecular complexity index is 1350. The molecule has 0 fully saturated rings. The number of nitrogens with two attached hydrogens (primary N) is 1. The van der Waals surface area contributed by atoms with Crippen LogP contribution >= 0.6 is 0 Å². The Balaban J connectivity index is 0.000000785. The van der Waals surface area contributed by atoms with Gasteiger partial charge in [-0.05, 0) is 29.7 Å². The molecule has 0 amide bonds. The van der Waals surface area contributed by atoms with Crippen LogP contribution in [0.25, 0.3) is 10.8 Å². The first-order valence-electron chi connectivity index (χ1n) is 8.32. The number of fused-ring (bicyclic) bond motifs is 1. The van der Waals surface area contributed by atoms with Gasteiger partial charge in [-0.15, -0.1) is 12.6 Å². The number of benzene rings is 3. The summed E-state index contributed by atoms with van der Waals surface area (Å²) in [5.74, 6) is 0.397. The van der Waals surface area contributed by atoms with Gasteiger partial charge in [-0.1, -0.05) is 18.2 Å². The first-order valence-corrected chi connectivity index (χ1v) is 10.8. The zero-order valence-electron chi connectivity index (χ0n) is 16.0. The minimum Gasteiger partial charge on any atom is -0.495 e. The average Bonchev–Trinajstić information content (AvgIpc) is 2.70. The largest absolute Gasteiger partial charge is 0.495 e. The second kappa shape index (κ2) is 10.1. The molecule has 3 aromatic rings. The molecule has 0 spiro atoms.